The zero-order chi connectivity index (χ0) is 6.85. The van der Waals surface area contributed by atoms with E-state index < -0.39 is 0 Å². The van der Waals surface area contributed by atoms with Crippen LogP contribution in [0.15, 0.2) is 10.8 Å². The molecule has 0 spiro atoms. The van der Waals surface area contributed by atoms with E-state index in [1.54, 1.807) is 0 Å². The van der Waals surface area contributed by atoms with Gasteiger partial charge in [-0.1, -0.05) is 0 Å². The van der Waals surface area contributed by atoms with Crippen molar-refractivity contribution in [3.63, 3.8) is 0 Å². The van der Waals surface area contributed by atoms with Crippen molar-refractivity contribution in [2.45, 2.75) is 0 Å². The summed E-state index contributed by atoms with van der Waals surface area (Å²) in [4.78, 5) is 7.83. The molecular weight excluding hydrogens is 297 g/mol. The molecule has 0 aliphatic heterocycles. The number of halogens is 2. The Morgan fingerprint density at radius 1 is 1.67 bits per heavy atom. The van der Waals surface area contributed by atoms with E-state index in [0.29, 0.717) is 10.4 Å². The Hall–Kier alpha value is 0.0900. The minimum atomic E-state index is 0.433. The van der Waals surface area contributed by atoms with Gasteiger partial charge in [0.2, 0.25) is 0 Å². The number of nitrogens with two attached hydrogens (primary N) is 1. The topological polar surface area (TPSA) is 51.8 Å². The first kappa shape index (κ1) is 7.20. The lowest BCUT2D eigenvalue weighted by molar-refractivity contribution is 1.13. The van der Waals surface area contributed by atoms with Crippen LogP contribution in [0.25, 0.3) is 0 Å². The highest BCUT2D eigenvalue weighted by Gasteiger charge is 1.96. The fourth-order valence-electron chi connectivity index (χ4n) is 0.364. The largest absolute Gasteiger partial charge is 0.382 e. The van der Waals surface area contributed by atoms with Crippen LogP contribution in [0.1, 0.15) is 0 Å². The molecule has 48 valence electrons. The van der Waals surface area contributed by atoms with Crippen LogP contribution >= 0.6 is 38.5 Å². The number of nitrogens with zero attached hydrogens (tertiary/aromatic N) is 2. The number of nitrogen functional groups attached to an aromatic ring is 1. The molecule has 3 nitrogen and oxygen atoms in total. The predicted molar refractivity (Wildman–Crippen MR) is 46.9 cm³/mol. The Bertz CT molecular complexity index is 227. The summed E-state index contributed by atoms with van der Waals surface area (Å²) in [6.45, 7) is 0. The monoisotopic (exact) mass is 299 g/mol. The summed E-state index contributed by atoms with van der Waals surface area (Å²) < 4.78 is 1.52. The molecule has 1 rings (SSSR count). The molecule has 0 aromatic carbocycles. The third-order valence-corrected chi connectivity index (χ3v) is 2.79. The molecule has 0 saturated heterocycles. The number of rotatable bonds is 0. The lowest BCUT2D eigenvalue weighted by atomic mass is 10.7. The number of hydrogen-bond acceptors (Lipinski definition) is 3. The van der Waals surface area contributed by atoms with Gasteiger partial charge in [-0.15, -0.1) is 0 Å². The maximum absolute atomic E-state index is 5.32. The van der Waals surface area contributed by atoms with Crippen molar-refractivity contribution in [3.8, 4) is 0 Å². The number of aromatic nitrogens is 2. The molecule has 5 heteroatoms. The van der Waals surface area contributed by atoms with E-state index >= 15 is 0 Å². The number of anilines is 1. The Morgan fingerprint density at radius 2 is 2.33 bits per heavy atom. The van der Waals surface area contributed by atoms with Crippen molar-refractivity contribution in [1.29, 1.82) is 0 Å². The third kappa shape index (κ3) is 1.75. The summed E-state index contributed by atoms with van der Waals surface area (Å²) >= 11 is 5.25. The van der Waals surface area contributed by atoms with Gasteiger partial charge in [0.25, 0.3) is 0 Å². The lowest BCUT2D eigenvalue weighted by Crippen LogP contribution is -1.93. The van der Waals surface area contributed by atoms with Crippen LogP contribution < -0.4 is 5.73 Å². The Balaban J connectivity index is 3.17. The fraction of sp³-hybridized carbons (Fsp3) is 0. The first-order chi connectivity index (χ1) is 4.20. The molecular formula is C4H3BrIN3. The van der Waals surface area contributed by atoms with Crippen LogP contribution in [0, 0.1) is 3.70 Å². The molecule has 0 aliphatic carbocycles. The van der Waals surface area contributed by atoms with Gasteiger partial charge in [0.05, 0.1) is 6.20 Å². The molecule has 0 radical (unpaired) electrons. The summed E-state index contributed by atoms with van der Waals surface area (Å²) in [5.74, 6) is 0.433. The molecule has 0 fully saturated rings. The van der Waals surface area contributed by atoms with Gasteiger partial charge in [-0.25, -0.2) is 9.97 Å². The molecule has 0 atom stereocenters. The minimum absolute atomic E-state index is 0.433. The molecule has 1 aromatic heterocycles. The molecule has 1 heterocycles. The first-order valence-electron chi connectivity index (χ1n) is 2.13. The van der Waals surface area contributed by atoms with E-state index in [1.165, 1.54) is 6.20 Å². The van der Waals surface area contributed by atoms with E-state index in [9.17, 15) is 0 Å². The van der Waals surface area contributed by atoms with Crippen LogP contribution in [0.3, 0.4) is 0 Å². The normalized spacial score (nSPS) is 9.56. The summed E-state index contributed by atoms with van der Waals surface area (Å²) in [7, 11) is 0. The Kier molecular flexibility index (Phi) is 2.23. The number of hydrogen-bond donors (Lipinski definition) is 1. The van der Waals surface area contributed by atoms with Crippen molar-refractivity contribution >= 4 is 44.3 Å². The molecule has 0 amide bonds. The van der Waals surface area contributed by atoms with Gasteiger partial charge < -0.3 is 5.73 Å². The van der Waals surface area contributed by atoms with Gasteiger partial charge in [0.1, 0.15) is 14.1 Å². The smallest absolute Gasteiger partial charge is 0.143 e. The molecule has 0 unspecified atom stereocenters. The van der Waals surface area contributed by atoms with E-state index in [2.05, 4.69) is 48.5 Å². The minimum Gasteiger partial charge on any atom is -0.382 e. The second-order valence-electron chi connectivity index (χ2n) is 1.38. The predicted octanol–water partition coefficient (Wildman–Crippen LogP) is 1.43. The fourth-order valence-corrected chi connectivity index (χ4v) is 0.931. The zero-order valence-electron chi connectivity index (χ0n) is 4.31. The standard InChI is InChI=1S/C4H3BrIN3/c5-3-4(6)8-1-2(7)9-3/h1H,(H2,7,9). The van der Waals surface area contributed by atoms with Crippen LogP contribution in [0.2, 0.25) is 0 Å². The molecule has 9 heavy (non-hydrogen) atoms. The van der Waals surface area contributed by atoms with Crippen LogP contribution in [-0.2, 0) is 0 Å². The molecule has 0 bridgehead atoms. The molecule has 0 saturated carbocycles. The van der Waals surface area contributed by atoms with E-state index in [-0.39, 0.29) is 0 Å². The van der Waals surface area contributed by atoms with Crippen molar-refractivity contribution in [3.05, 3.63) is 14.5 Å². The van der Waals surface area contributed by atoms with Gasteiger partial charge in [-0.2, -0.15) is 0 Å². The second kappa shape index (κ2) is 2.78. The van der Waals surface area contributed by atoms with Crippen LogP contribution in [0.5, 0.6) is 0 Å². The van der Waals surface area contributed by atoms with Gasteiger partial charge in [-0.05, 0) is 38.5 Å². The molecule has 2 N–H and O–H groups in total. The Labute approximate surface area is 74.3 Å². The second-order valence-corrected chi connectivity index (χ2v) is 3.15. The van der Waals surface area contributed by atoms with Gasteiger partial charge in [0, 0.05) is 0 Å². The average Bonchev–Trinajstić information content (AvgIpc) is 1.80. The maximum Gasteiger partial charge on any atom is 0.143 e. The van der Waals surface area contributed by atoms with Crippen molar-refractivity contribution in [2.75, 3.05) is 5.73 Å². The molecule has 0 aliphatic rings. The lowest BCUT2D eigenvalue weighted by Gasteiger charge is -1.93. The van der Waals surface area contributed by atoms with E-state index in [1.807, 2.05) is 0 Å². The third-order valence-electron chi connectivity index (χ3n) is 0.708. The summed E-state index contributed by atoms with van der Waals surface area (Å²) in [6.07, 6.45) is 1.52. The average molecular weight is 300 g/mol. The Morgan fingerprint density at radius 3 is 2.78 bits per heavy atom. The maximum atomic E-state index is 5.32. The quantitative estimate of drug-likeness (QED) is 0.737. The van der Waals surface area contributed by atoms with Crippen molar-refractivity contribution < 1.29 is 0 Å². The first-order valence-corrected chi connectivity index (χ1v) is 4.01. The highest BCUT2D eigenvalue weighted by Crippen LogP contribution is 2.13. The van der Waals surface area contributed by atoms with E-state index in [0.717, 1.165) is 3.70 Å². The highest BCUT2D eigenvalue weighted by atomic mass is 127. The summed E-state index contributed by atoms with van der Waals surface area (Å²) in [6, 6.07) is 0. The summed E-state index contributed by atoms with van der Waals surface area (Å²) in [5, 5.41) is 0. The van der Waals surface area contributed by atoms with Crippen molar-refractivity contribution in [2.24, 2.45) is 0 Å². The van der Waals surface area contributed by atoms with Gasteiger partial charge >= 0.3 is 0 Å². The zero-order valence-corrected chi connectivity index (χ0v) is 8.05. The van der Waals surface area contributed by atoms with Gasteiger partial charge in [0.15, 0.2) is 0 Å². The van der Waals surface area contributed by atoms with Crippen LogP contribution in [0.4, 0.5) is 5.82 Å². The van der Waals surface area contributed by atoms with Crippen molar-refractivity contribution in [1.82, 2.24) is 9.97 Å². The van der Waals surface area contributed by atoms with Gasteiger partial charge in [-0.3, -0.25) is 0 Å². The summed E-state index contributed by atoms with van der Waals surface area (Å²) in [5.41, 5.74) is 5.32. The molecule has 1 aromatic rings. The van der Waals surface area contributed by atoms with Crippen LogP contribution in [-0.4, -0.2) is 9.97 Å². The SMILES string of the molecule is Nc1cnc(I)c(Br)n1. The van der Waals surface area contributed by atoms with E-state index in [4.69, 9.17) is 5.73 Å². The highest BCUT2D eigenvalue weighted by molar-refractivity contribution is 14.1.